The van der Waals surface area contributed by atoms with E-state index in [9.17, 15) is 9.59 Å². The van der Waals surface area contributed by atoms with E-state index in [-0.39, 0.29) is 24.4 Å². The van der Waals surface area contributed by atoms with Gasteiger partial charge in [0.2, 0.25) is 11.8 Å². The largest absolute Gasteiger partial charge is 0.368 e. The Labute approximate surface area is 116 Å². The number of nitrogens with zero attached hydrogens (tertiary/aromatic N) is 1. The molecule has 1 aromatic rings. The number of halogens is 1. The van der Waals surface area contributed by atoms with Crippen molar-refractivity contribution in [1.82, 2.24) is 4.90 Å². The fraction of sp³-hybridized carbons (Fsp3) is 0.385. The van der Waals surface area contributed by atoms with E-state index in [0.29, 0.717) is 10.7 Å². The summed E-state index contributed by atoms with van der Waals surface area (Å²) in [6.07, 6.45) is 1.62. The van der Waals surface area contributed by atoms with Gasteiger partial charge in [0.1, 0.15) is 0 Å². The highest BCUT2D eigenvalue weighted by Gasteiger charge is 2.30. The molecule has 1 aliphatic heterocycles. The van der Waals surface area contributed by atoms with Crippen LogP contribution in [-0.2, 0) is 9.59 Å². The molecule has 1 fully saturated rings. The van der Waals surface area contributed by atoms with Gasteiger partial charge in [-0.3, -0.25) is 14.5 Å². The van der Waals surface area contributed by atoms with E-state index in [1.165, 1.54) is 0 Å². The first kappa shape index (κ1) is 13.8. The molecule has 2 rings (SSSR count). The summed E-state index contributed by atoms with van der Waals surface area (Å²) in [4.78, 5) is 24.9. The molecule has 102 valence electrons. The van der Waals surface area contributed by atoms with Crippen LogP contribution in [-0.4, -0.2) is 35.8 Å². The summed E-state index contributed by atoms with van der Waals surface area (Å²) in [5.74, 6) is -0.521. The molecule has 0 aromatic heterocycles. The molecule has 2 amide bonds. The number of carbonyl (C=O) groups is 2. The summed E-state index contributed by atoms with van der Waals surface area (Å²) in [7, 11) is 0. The second-order valence-electron chi connectivity index (χ2n) is 4.59. The average molecular weight is 282 g/mol. The Morgan fingerprint density at radius 3 is 2.68 bits per heavy atom. The predicted octanol–water partition coefficient (Wildman–Crippen LogP) is 1.23. The minimum atomic E-state index is -0.364. The van der Waals surface area contributed by atoms with Crippen LogP contribution in [0.1, 0.15) is 12.8 Å². The van der Waals surface area contributed by atoms with Crippen LogP contribution in [0.2, 0.25) is 5.02 Å². The standard InChI is InChI=1S/C13H16ClN3O2/c14-9-3-5-10(6-4-9)16-12(18)8-17-7-1-2-11(17)13(15)19/h3-6,11H,1-2,7-8H2,(H2,15,19)(H,16,18)/t11-/m1/s1. The molecule has 0 bridgehead atoms. The molecule has 0 spiro atoms. The van der Waals surface area contributed by atoms with Crippen LogP contribution in [0.4, 0.5) is 5.69 Å². The number of hydrogen-bond acceptors (Lipinski definition) is 3. The number of nitrogens with one attached hydrogen (secondary N) is 1. The summed E-state index contributed by atoms with van der Waals surface area (Å²) in [6, 6.07) is 6.56. The highest BCUT2D eigenvalue weighted by molar-refractivity contribution is 6.30. The molecule has 1 heterocycles. The fourth-order valence-corrected chi connectivity index (χ4v) is 2.38. The number of hydrogen-bond donors (Lipinski definition) is 2. The van der Waals surface area contributed by atoms with Gasteiger partial charge in [0.15, 0.2) is 0 Å². The van der Waals surface area contributed by atoms with Crippen molar-refractivity contribution in [3.63, 3.8) is 0 Å². The normalized spacial score (nSPS) is 19.3. The van der Waals surface area contributed by atoms with Crippen molar-refractivity contribution in [2.24, 2.45) is 5.73 Å². The molecule has 0 unspecified atom stereocenters. The van der Waals surface area contributed by atoms with E-state index >= 15 is 0 Å². The van der Waals surface area contributed by atoms with Crippen molar-refractivity contribution in [1.29, 1.82) is 0 Å². The molecule has 0 radical (unpaired) electrons. The average Bonchev–Trinajstić information content (AvgIpc) is 2.80. The number of likely N-dealkylation sites (tertiary alicyclic amines) is 1. The van der Waals surface area contributed by atoms with Gasteiger partial charge >= 0.3 is 0 Å². The fourth-order valence-electron chi connectivity index (χ4n) is 2.26. The third-order valence-corrected chi connectivity index (χ3v) is 3.42. The molecular formula is C13H16ClN3O2. The first-order valence-corrected chi connectivity index (χ1v) is 6.53. The minimum absolute atomic E-state index is 0.157. The summed E-state index contributed by atoms with van der Waals surface area (Å²) < 4.78 is 0. The van der Waals surface area contributed by atoms with Gasteiger partial charge in [-0.05, 0) is 43.7 Å². The number of primary amides is 1. The van der Waals surface area contributed by atoms with Crippen LogP contribution >= 0.6 is 11.6 Å². The van der Waals surface area contributed by atoms with Gasteiger partial charge < -0.3 is 11.1 Å². The maximum Gasteiger partial charge on any atom is 0.238 e. The van der Waals surface area contributed by atoms with Crippen molar-refractivity contribution in [3.8, 4) is 0 Å². The molecule has 5 nitrogen and oxygen atoms in total. The summed E-state index contributed by atoms with van der Waals surface area (Å²) in [6.45, 7) is 0.901. The van der Waals surface area contributed by atoms with E-state index in [1.54, 1.807) is 24.3 Å². The number of carbonyl (C=O) groups excluding carboxylic acids is 2. The Balaban J connectivity index is 1.90. The van der Waals surface area contributed by atoms with Gasteiger partial charge in [-0.2, -0.15) is 0 Å². The zero-order valence-corrected chi connectivity index (χ0v) is 11.2. The first-order chi connectivity index (χ1) is 9.06. The third kappa shape index (κ3) is 3.68. The third-order valence-electron chi connectivity index (χ3n) is 3.17. The van der Waals surface area contributed by atoms with Crippen LogP contribution in [0, 0.1) is 0 Å². The number of rotatable bonds is 4. The molecule has 0 saturated carbocycles. The Hall–Kier alpha value is -1.59. The molecule has 3 N–H and O–H groups in total. The lowest BCUT2D eigenvalue weighted by Crippen LogP contribution is -2.43. The van der Waals surface area contributed by atoms with E-state index in [4.69, 9.17) is 17.3 Å². The number of anilines is 1. The lowest BCUT2D eigenvalue weighted by Gasteiger charge is -2.20. The molecule has 1 aliphatic rings. The number of benzene rings is 1. The molecule has 1 atom stereocenters. The zero-order valence-electron chi connectivity index (χ0n) is 10.4. The van der Waals surface area contributed by atoms with E-state index < -0.39 is 0 Å². The molecule has 1 aromatic carbocycles. The van der Waals surface area contributed by atoms with Crippen LogP contribution in [0.25, 0.3) is 0 Å². The monoisotopic (exact) mass is 281 g/mol. The van der Waals surface area contributed by atoms with Gasteiger partial charge in [-0.1, -0.05) is 11.6 Å². The lowest BCUT2D eigenvalue weighted by molar-refractivity contribution is -0.123. The van der Waals surface area contributed by atoms with Crippen LogP contribution < -0.4 is 11.1 Å². The minimum Gasteiger partial charge on any atom is -0.368 e. The van der Waals surface area contributed by atoms with Gasteiger partial charge in [-0.15, -0.1) is 0 Å². The molecule has 1 saturated heterocycles. The van der Waals surface area contributed by atoms with Gasteiger partial charge in [0.05, 0.1) is 12.6 Å². The first-order valence-electron chi connectivity index (χ1n) is 6.15. The predicted molar refractivity (Wildman–Crippen MR) is 73.9 cm³/mol. The van der Waals surface area contributed by atoms with Crippen molar-refractivity contribution < 1.29 is 9.59 Å². The van der Waals surface area contributed by atoms with E-state index in [1.807, 2.05) is 4.90 Å². The Bertz CT molecular complexity index is 475. The molecule has 6 heteroatoms. The van der Waals surface area contributed by atoms with Crippen LogP contribution in [0.5, 0.6) is 0 Å². The maximum atomic E-state index is 11.9. The second kappa shape index (κ2) is 6.04. The Morgan fingerprint density at radius 1 is 1.37 bits per heavy atom. The van der Waals surface area contributed by atoms with Crippen molar-refractivity contribution in [3.05, 3.63) is 29.3 Å². The number of nitrogens with two attached hydrogens (primary N) is 1. The summed E-state index contributed by atoms with van der Waals surface area (Å²) in [5, 5.41) is 3.38. The highest BCUT2D eigenvalue weighted by atomic mass is 35.5. The van der Waals surface area contributed by atoms with E-state index in [0.717, 1.165) is 19.4 Å². The highest BCUT2D eigenvalue weighted by Crippen LogP contribution is 2.17. The van der Waals surface area contributed by atoms with Crippen molar-refractivity contribution in [2.75, 3.05) is 18.4 Å². The quantitative estimate of drug-likeness (QED) is 0.871. The maximum absolute atomic E-state index is 11.9. The van der Waals surface area contributed by atoms with Crippen molar-refractivity contribution in [2.45, 2.75) is 18.9 Å². The summed E-state index contributed by atoms with van der Waals surface area (Å²) in [5.41, 5.74) is 5.99. The SMILES string of the molecule is NC(=O)[C@H]1CCCN1CC(=O)Nc1ccc(Cl)cc1. The van der Waals surface area contributed by atoms with Gasteiger partial charge in [0.25, 0.3) is 0 Å². The molecule has 0 aliphatic carbocycles. The smallest absolute Gasteiger partial charge is 0.238 e. The van der Waals surface area contributed by atoms with Crippen LogP contribution in [0.3, 0.4) is 0 Å². The topological polar surface area (TPSA) is 75.4 Å². The Kier molecular flexibility index (Phi) is 4.39. The second-order valence-corrected chi connectivity index (χ2v) is 5.02. The van der Waals surface area contributed by atoms with Gasteiger partial charge in [0, 0.05) is 10.7 Å². The molecule has 19 heavy (non-hydrogen) atoms. The van der Waals surface area contributed by atoms with Crippen molar-refractivity contribution >= 4 is 29.1 Å². The van der Waals surface area contributed by atoms with Crippen LogP contribution in [0.15, 0.2) is 24.3 Å². The zero-order chi connectivity index (χ0) is 13.8. The molecular weight excluding hydrogens is 266 g/mol. The van der Waals surface area contributed by atoms with Gasteiger partial charge in [-0.25, -0.2) is 0 Å². The Morgan fingerprint density at radius 2 is 2.05 bits per heavy atom. The summed E-state index contributed by atoms with van der Waals surface area (Å²) >= 11 is 5.77. The van der Waals surface area contributed by atoms with E-state index in [2.05, 4.69) is 5.32 Å². The lowest BCUT2D eigenvalue weighted by atomic mass is 10.2. The number of amides is 2.